The lowest BCUT2D eigenvalue weighted by Crippen LogP contribution is -2.09. The van der Waals surface area contributed by atoms with Crippen LogP contribution in [0.25, 0.3) is 67.7 Å². The van der Waals surface area contributed by atoms with Crippen molar-refractivity contribution in [3.8, 4) is 39.1 Å². The molecule has 0 bridgehead atoms. The van der Waals surface area contributed by atoms with Gasteiger partial charge in [0.15, 0.2) is 0 Å². The summed E-state index contributed by atoms with van der Waals surface area (Å²) in [4.78, 5) is 2.37. The van der Waals surface area contributed by atoms with Gasteiger partial charge in [0, 0.05) is 33.8 Å². The van der Waals surface area contributed by atoms with Gasteiger partial charge in [0.2, 0.25) is 0 Å². The summed E-state index contributed by atoms with van der Waals surface area (Å²) < 4.78 is 2.42. The zero-order valence-corrected chi connectivity index (χ0v) is 33.8. The second kappa shape index (κ2) is 15.5. The number of allylic oxidation sites excluding steroid dienone is 6. The third-order valence-electron chi connectivity index (χ3n) is 12.6. The van der Waals surface area contributed by atoms with Gasteiger partial charge in [-0.15, -0.1) is 0 Å². The average Bonchev–Trinajstić information content (AvgIpc) is 3.67. The molecule has 2 heteroatoms. The van der Waals surface area contributed by atoms with Crippen LogP contribution in [0.1, 0.15) is 53.6 Å². The van der Waals surface area contributed by atoms with E-state index in [1.54, 1.807) is 0 Å². The first-order valence-corrected chi connectivity index (χ1v) is 21.5. The van der Waals surface area contributed by atoms with Gasteiger partial charge in [-0.25, -0.2) is 0 Å². The first-order chi connectivity index (χ1) is 29.7. The number of aryl methyl sites for hydroxylation is 1. The average molecular weight is 771 g/mol. The van der Waals surface area contributed by atoms with Crippen LogP contribution in [0.15, 0.2) is 194 Å². The molecule has 0 N–H and O–H groups in total. The number of benzene rings is 7. The van der Waals surface area contributed by atoms with Gasteiger partial charge < -0.3 is 9.47 Å². The minimum absolute atomic E-state index is 1.09. The van der Waals surface area contributed by atoms with E-state index >= 15 is 0 Å². The molecular formula is C58H46N2. The highest BCUT2D eigenvalue weighted by Gasteiger charge is 2.20. The Bertz CT molecular complexity index is 2970. The molecule has 0 amide bonds. The van der Waals surface area contributed by atoms with Crippen molar-refractivity contribution >= 4 is 45.7 Å². The van der Waals surface area contributed by atoms with Crippen LogP contribution < -0.4 is 4.90 Å². The molecule has 0 saturated carbocycles. The molecule has 1 aromatic heterocycles. The number of para-hydroxylation sites is 1. The summed E-state index contributed by atoms with van der Waals surface area (Å²) in [6.45, 7) is 0. The van der Waals surface area contributed by atoms with Gasteiger partial charge in [-0.1, -0.05) is 134 Å². The van der Waals surface area contributed by atoms with E-state index in [2.05, 4.69) is 216 Å². The fourth-order valence-electron chi connectivity index (χ4n) is 9.60. The number of nitrogens with zero attached hydrogens (tertiary/aromatic N) is 2. The van der Waals surface area contributed by atoms with Crippen LogP contribution >= 0.6 is 0 Å². The van der Waals surface area contributed by atoms with Crippen LogP contribution in [0.2, 0.25) is 0 Å². The molecule has 3 aliphatic carbocycles. The first-order valence-electron chi connectivity index (χ1n) is 21.5. The molecule has 288 valence electrons. The topological polar surface area (TPSA) is 8.17 Å². The molecule has 3 aliphatic rings. The second-order valence-corrected chi connectivity index (χ2v) is 16.2. The van der Waals surface area contributed by atoms with E-state index in [9.17, 15) is 0 Å². The van der Waals surface area contributed by atoms with Crippen molar-refractivity contribution in [1.29, 1.82) is 0 Å². The third kappa shape index (κ3) is 6.65. The maximum Gasteiger partial charge on any atom is 0.0537 e. The largest absolute Gasteiger partial charge is 0.311 e. The van der Waals surface area contributed by atoms with Crippen LogP contribution in [0, 0.1) is 0 Å². The molecule has 11 rings (SSSR count). The smallest absolute Gasteiger partial charge is 0.0537 e. The van der Waals surface area contributed by atoms with Gasteiger partial charge in [-0.2, -0.15) is 0 Å². The summed E-state index contributed by atoms with van der Waals surface area (Å²) in [5.41, 5.74) is 21.6. The minimum atomic E-state index is 1.09. The predicted molar refractivity (Wildman–Crippen MR) is 255 cm³/mol. The van der Waals surface area contributed by atoms with Crippen LogP contribution in [0.3, 0.4) is 0 Å². The van der Waals surface area contributed by atoms with E-state index in [-0.39, 0.29) is 0 Å². The normalized spacial score (nSPS) is 14.2. The standard InChI is InChI=1S/C58H46N2/c1-3-13-41(14-4-1)42-23-31-49(32-24-42)59(51-35-29-45(30-36-51)48-39-47-17-7-8-18-53(47)56(40-48)46-15-5-2-6-16-46)50-33-25-43(26-34-50)44-27-37-52(38-28-44)60-57-21-11-9-19-54(57)55-20-10-12-22-58(55)60/h1-5,7,9,11-15,17,19,21-40H,6,8,10,16,18,20H2. The Labute approximate surface area is 353 Å². The Morgan fingerprint density at radius 3 is 1.63 bits per heavy atom. The van der Waals surface area contributed by atoms with Crippen molar-refractivity contribution < 1.29 is 0 Å². The molecule has 0 fully saturated rings. The predicted octanol–water partition coefficient (Wildman–Crippen LogP) is 15.8. The highest BCUT2D eigenvalue weighted by atomic mass is 15.1. The lowest BCUT2D eigenvalue weighted by molar-refractivity contribution is 0.967. The molecular weight excluding hydrogens is 725 g/mol. The molecule has 0 radical (unpaired) electrons. The van der Waals surface area contributed by atoms with Gasteiger partial charge in [0.25, 0.3) is 0 Å². The van der Waals surface area contributed by atoms with Crippen molar-refractivity contribution in [3.63, 3.8) is 0 Å². The Balaban J connectivity index is 0.933. The van der Waals surface area contributed by atoms with Crippen LogP contribution in [0.4, 0.5) is 17.1 Å². The molecule has 0 spiro atoms. The third-order valence-corrected chi connectivity index (χ3v) is 12.6. The van der Waals surface area contributed by atoms with Crippen molar-refractivity contribution in [2.45, 2.75) is 38.5 Å². The lowest BCUT2D eigenvalue weighted by atomic mass is 9.84. The fraction of sp³-hybridized carbons (Fsp3) is 0.103. The van der Waals surface area contributed by atoms with Crippen molar-refractivity contribution in [2.24, 2.45) is 0 Å². The number of anilines is 3. The van der Waals surface area contributed by atoms with E-state index in [1.807, 2.05) is 0 Å². The SMILES string of the molecule is C1=CCCC(c2cc(-c3ccc(N(c4ccc(-c5ccccc5)cc4)c4ccc(-c5ccc(-n6c7c(c8ccccc86)CCC=C7)cc5)cc4)cc3)cc3c2CCC=C3)=C1. The number of hydrogen-bond acceptors (Lipinski definition) is 1. The number of aromatic nitrogens is 1. The summed E-state index contributed by atoms with van der Waals surface area (Å²) in [6, 6.07) is 60.5. The van der Waals surface area contributed by atoms with Crippen LogP contribution in [-0.2, 0) is 12.8 Å². The van der Waals surface area contributed by atoms with Gasteiger partial charge >= 0.3 is 0 Å². The number of rotatable bonds is 8. The highest BCUT2D eigenvalue weighted by molar-refractivity contribution is 5.91. The molecule has 0 saturated heterocycles. The second-order valence-electron chi connectivity index (χ2n) is 16.2. The molecule has 2 nitrogen and oxygen atoms in total. The van der Waals surface area contributed by atoms with E-state index in [4.69, 9.17) is 0 Å². The maximum atomic E-state index is 2.44. The Hall–Kier alpha value is -7.16. The summed E-state index contributed by atoms with van der Waals surface area (Å²) >= 11 is 0. The fourth-order valence-corrected chi connectivity index (χ4v) is 9.60. The summed E-state index contributed by atoms with van der Waals surface area (Å²) in [6.07, 6.45) is 22.7. The van der Waals surface area contributed by atoms with E-state index in [1.165, 1.54) is 83.5 Å². The summed E-state index contributed by atoms with van der Waals surface area (Å²) in [7, 11) is 0. The van der Waals surface area contributed by atoms with Crippen LogP contribution in [-0.4, -0.2) is 4.57 Å². The van der Waals surface area contributed by atoms with Gasteiger partial charge in [-0.3, -0.25) is 0 Å². The van der Waals surface area contributed by atoms with Gasteiger partial charge in [-0.05, 0) is 173 Å². The van der Waals surface area contributed by atoms with Crippen molar-refractivity contribution in [2.75, 3.05) is 4.90 Å². The van der Waals surface area contributed by atoms with Crippen LogP contribution in [0.5, 0.6) is 0 Å². The molecule has 0 unspecified atom stereocenters. The van der Waals surface area contributed by atoms with E-state index in [0.29, 0.717) is 0 Å². The Morgan fingerprint density at radius 2 is 0.983 bits per heavy atom. The van der Waals surface area contributed by atoms with Gasteiger partial charge in [0.1, 0.15) is 0 Å². The lowest BCUT2D eigenvalue weighted by Gasteiger charge is -2.26. The van der Waals surface area contributed by atoms with Gasteiger partial charge in [0.05, 0.1) is 5.52 Å². The summed E-state index contributed by atoms with van der Waals surface area (Å²) in [5, 5.41) is 1.36. The monoisotopic (exact) mass is 770 g/mol. The molecule has 7 aromatic carbocycles. The number of hydrogen-bond donors (Lipinski definition) is 0. The van der Waals surface area contributed by atoms with Crippen molar-refractivity contribution in [1.82, 2.24) is 4.57 Å². The van der Waals surface area contributed by atoms with E-state index in [0.717, 1.165) is 55.6 Å². The molecule has 8 aromatic rings. The maximum absolute atomic E-state index is 2.44. The molecule has 1 heterocycles. The molecule has 60 heavy (non-hydrogen) atoms. The minimum Gasteiger partial charge on any atom is -0.311 e. The van der Waals surface area contributed by atoms with Crippen molar-refractivity contribution in [3.05, 3.63) is 222 Å². The molecule has 0 atom stereocenters. The Kier molecular flexibility index (Phi) is 9.32. The Morgan fingerprint density at radius 1 is 0.433 bits per heavy atom. The zero-order valence-electron chi connectivity index (χ0n) is 33.8. The first kappa shape index (κ1) is 36.0. The molecule has 0 aliphatic heterocycles. The quantitative estimate of drug-likeness (QED) is 0.149. The van der Waals surface area contributed by atoms with E-state index < -0.39 is 0 Å². The number of fused-ring (bicyclic) bond motifs is 4. The zero-order chi connectivity index (χ0) is 39.8. The summed E-state index contributed by atoms with van der Waals surface area (Å²) in [5.74, 6) is 0. The highest BCUT2D eigenvalue weighted by Crippen LogP contribution is 2.41.